The summed E-state index contributed by atoms with van der Waals surface area (Å²) >= 11 is 5.89. The van der Waals surface area contributed by atoms with E-state index in [0.717, 1.165) is 5.56 Å². The first-order valence-corrected chi connectivity index (χ1v) is 7.34. The summed E-state index contributed by atoms with van der Waals surface area (Å²) in [5.41, 5.74) is 1.05. The second-order valence-electron chi connectivity index (χ2n) is 5.44. The number of carbonyl (C=O) groups is 1. The van der Waals surface area contributed by atoms with E-state index in [0.29, 0.717) is 37.2 Å². The van der Waals surface area contributed by atoms with Crippen LogP contribution in [0.3, 0.4) is 0 Å². The van der Waals surface area contributed by atoms with Crippen LogP contribution in [0.4, 0.5) is 4.79 Å². The lowest BCUT2D eigenvalue weighted by molar-refractivity contribution is -0.0154. The van der Waals surface area contributed by atoms with Crippen LogP contribution in [0, 0.1) is 5.92 Å². The van der Waals surface area contributed by atoms with E-state index in [1.165, 1.54) is 0 Å². The zero-order chi connectivity index (χ0) is 14.5. The minimum atomic E-state index is -0.0779. The summed E-state index contributed by atoms with van der Waals surface area (Å²) in [7, 11) is 0. The number of hydrogen-bond donors (Lipinski definition) is 1. The van der Waals surface area contributed by atoms with Crippen LogP contribution in [0.5, 0.6) is 0 Å². The number of carbonyl (C=O) groups excluding carboxylic acids is 1. The van der Waals surface area contributed by atoms with Crippen LogP contribution in [0.25, 0.3) is 0 Å². The Morgan fingerprint density at radius 1 is 1.45 bits per heavy atom. The van der Waals surface area contributed by atoms with Gasteiger partial charge in [0.1, 0.15) is 6.10 Å². The number of urea groups is 1. The molecule has 1 aliphatic heterocycles. The molecule has 4 nitrogen and oxygen atoms in total. The van der Waals surface area contributed by atoms with Crippen LogP contribution >= 0.6 is 11.6 Å². The van der Waals surface area contributed by atoms with Gasteiger partial charge in [0.2, 0.25) is 0 Å². The Balaban J connectivity index is 1.94. The Labute approximate surface area is 125 Å². The maximum Gasteiger partial charge on any atom is 0.317 e. The standard InChI is InChI=1S/C15H21ClN2O2/c1-11(2)9-17-15(19)18-7-8-20-14(10-18)12-3-5-13(16)6-4-12/h3-6,11,14H,7-10H2,1-2H3,(H,17,19). The van der Waals surface area contributed by atoms with Crippen LogP contribution in [-0.2, 0) is 4.74 Å². The molecule has 0 aliphatic carbocycles. The number of halogens is 1. The highest BCUT2D eigenvalue weighted by atomic mass is 35.5. The van der Waals surface area contributed by atoms with E-state index in [1.807, 2.05) is 29.2 Å². The largest absolute Gasteiger partial charge is 0.370 e. The lowest BCUT2D eigenvalue weighted by atomic mass is 10.1. The molecule has 1 unspecified atom stereocenters. The molecule has 1 aromatic rings. The summed E-state index contributed by atoms with van der Waals surface area (Å²) in [6, 6.07) is 7.57. The molecule has 2 rings (SSSR count). The number of nitrogens with zero attached hydrogens (tertiary/aromatic N) is 1. The topological polar surface area (TPSA) is 41.6 Å². The number of ether oxygens (including phenoxy) is 1. The van der Waals surface area contributed by atoms with Gasteiger partial charge >= 0.3 is 6.03 Å². The number of rotatable bonds is 3. The number of benzene rings is 1. The predicted octanol–water partition coefficient (Wildman–Crippen LogP) is 3.08. The minimum Gasteiger partial charge on any atom is -0.370 e. The van der Waals surface area contributed by atoms with Crippen molar-refractivity contribution in [3.8, 4) is 0 Å². The molecule has 2 amide bonds. The van der Waals surface area contributed by atoms with E-state index < -0.39 is 0 Å². The van der Waals surface area contributed by atoms with Gasteiger partial charge in [0.15, 0.2) is 0 Å². The predicted molar refractivity (Wildman–Crippen MR) is 80.0 cm³/mol. The van der Waals surface area contributed by atoms with Crippen LogP contribution < -0.4 is 5.32 Å². The molecule has 0 bridgehead atoms. The van der Waals surface area contributed by atoms with Gasteiger partial charge in [-0.3, -0.25) is 0 Å². The van der Waals surface area contributed by atoms with E-state index in [9.17, 15) is 4.79 Å². The Kier molecular flexibility index (Phi) is 5.26. The molecular formula is C15H21ClN2O2. The van der Waals surface area contributed by atoms with Gasteiger partial charge in [-0.15, -0.1) is 0 Å². The molecule has 1 aromatic carbocycles. The number of nitrogens with one attached hydrogen (secondary N) is 1. The van der Waals surface area contributed by atoms with Crippen molar-refractivity contribution < 1.29 is 9.53 Å². The third-order valence-corrected chi connectivity index (χ3v) is 3.51. The van der Waals surface area contributed by atoms with Gasteiger partial charge in [-0.05, 0) is 23.6 Å². The van der Waals surface area contributed by atoms with Gasteiger partial charge in [-0.2, -0.15) is 0 Å². The molecule has 0 spiro atoms. The van der Waals surface area contributed by atoms with Crippen molar-refractivity contribution in [2.45, 2.75) is 20.0 Å². The number of morpholine rings is 1. The van der Waals surface area contributed by atoms with E-state index in [-0.39, 0.29) is 12.1 Å². The molecule has 1 aliphatic rings. The van der Waals surface area contributed by atoms with Gasteiger partial charge in [0, 0.05) is 18.1 Å². The Morgan fingerprint density at radius 3 is 2.80 bits per heavy atom. The van der Waals surface area contributed by atoms with E-state index >= 15 is 0 Å². The van der Waals surface area contributed by atoms with Crippen molar-refractivity contribution in [2.24, 2.45) is 5.92 Å². The number of hydrogen-bond acceptors (Lipinski definition) is 2. The summed E-state index contributed by atoms with van der Waals surface area (Å²) in [5, 5.41) is 3.65. The lowest BCUT2D eigenvalue weighted by Crippen LogP contribution is -2.47. The fourth-order valence-electron chi connectivity index (χ4n) is 2.12. The first-order chi connectivity index (χ1) is 9.56. The molecule has 5 heteroatoms. The molecule has 0 aromatic heterocycles. The summed E-state index contributed by atoms with van der Waals surface area (Å²) in [6.45, 7) is 6.62. The highest BCUT2D eigenvalue weighted by Crippen LogP contribution is 2.23. The van der Waals surface area contributed by atoms with Crippen LogP contribution in [-0.4, -0.2) is 37.2 Å². The smallest absolute Gasteiger partial charge is 0.317 e. The summed E-state index contributed by atoms with van der Waals surface area (Å²) in [4.78, 5) is 13.9. The third kappa shape index (κ3) is 4.12. The Bertz CT molecular complexity index is 448. The third-order valence-electron chi connectivity index (χ3n) is 3.26. The molecule has 110 valence electrons. The summed E-state index contributed by atoms with van der Waals surface area (Å²) < 4.78 is 5.75. The van der Waals surface area contributed by atoms with Crippen molar-refractivity contribution in [3.05, 3.63) is 34.9 Å². The highest BCUT2D eigenvalue weighted by Gasteiger charge is 2.25. The zero-order valence-electron chi connectivity index (χ0n) is 11.9. The maximum absolute atomic E-state index is 12.1. The second-order valence-corrected chi connectivity index (χ2v) is 5.87. The average molecular weight is 297 g/mol. The molecule has 0 saturated carbocycles. The lowest BCUT2D eigenvalue weighted by Gasteiger charge is -2.33. The number of amides is 2. The molecule has 1 N–H and O–H groups in total. The average Bonchev–Trinajstić information content (AvgIpc) is 2.45. The summed E-state index contributed by atoms with van der Waals surface area (Å²) in [6.07, 6.45) is -0.0779. The fraction of sp³-hybridized carbons (Fsp3) is 0.533. The molecular weight excluding hydrogens is 276 g/mol. The van der Waals surface area contributed by atoms with Gasteiger partial charge in [-0.25, -0.2) is 4.79 Å². The molecule has 1 saturated heterocycles. The van der Waals surface area contributed by atoms with Crippen molar-refractivity contribution >= 4 is 17.6 Å². The first kappa shape index (κ1) is 15.1. The van der Waals surface area contributed by atoms with Gasteiger partial charge in [-0.1, -0.05) is 37.6 Å². The molecule has 1 atom stereocenters. The zero-order valence-corrected chi connectivity index (χ0v) is 12.7. The summed E-state index contributed by atoms with van der Waals surface area (Å²) in [5.74, 6) is 0.451. The Hall–Kier alpha value is -1.26. The Morgan fingerprint density at radius 2 is 2.15 bits per heavy atom. The van der Waals surface area contributed by atoms with Crippen molar-refractivity contribution in [2.75, 3.05) is 26.2 Å². The van der Waals surface area contributed by atoms with Gasteiger partial charge in [0.25, 0.3) is 0 Å². The maximum atomic E-state index is 12.1. The fourth-order valence-corrected chi connectivity index (χ4v) is 2.24. The van der Waals surface area contributed by atoms with Crippen LogP contribution in [0.1, 0.15) is 25.5 Å². The van der Waals surface area contributed by atoms with Crippen molar-refractivity contribution in [1.29, 1.82) is 0 Å². The molecule has 0 radical (unpaired) electrons. The first-order valence-electron chi connectivity index (χ1n) is 6.96. The molecule has 1 heterocycles. The molecule has 20 heavy (non-hydrogen) atoms. The monoisotopic (exact) mass is 296 g/mol. The second kappa shape index (κ2) is 6.95. The van der Waals surface area contributed by atoms with Crippen molar-refractivity contribution in [3.63, 3.8) is 0 Å². The highest BCUT2D eigenvalue weighted by molar-refractivity contribution is 6.30. The van der Waals surface area contributed by atoms with E-state index in [1.54, 1.807) is 0 Å². The molecule has 1 fully saturated rings. The van der Waals surface area contributed by atoms with Crippen LogP contribution in [0.15, 0.2) is 24.3 Å². The van der Waals surface area contributed by atoms with Crippen molar-refractivity contribution in [1.82, 2.24) is 10.2 Å². The van der Waals surface area contributed by atoms with Crippen LogP contribution in [0.2, 0.25) is 5.02 Å². The normalized spacial score (nSPS) is 19.2. The SMILES string of the molecule is CC(C)CNC(=O)N1CCOC(c2ccc(Cl)cc2)C1. The van der Waals surface area contributed by atoms with E-state index in [2.05, 4.69) is 19.2 Å². The quantitative estimate of drug-likeness (QED) is 0.931. The van der Waals surface area contributed by atoms with E-state index in [4.69, 9.17) is 16.3 Å². The van der Waals surface area contributed by atoms with Gasteiger partial charge in [0.05, 0.1) is 13.2 Å². The minimum absolute atomic E-state index is 0.0130. The van der Waals surface area contributed by atoms with Gasteiger partial charge < -0.3 is 15.0 Å².